The van der Waals surface area contributed by atoms with Crippen LogP contribution in [0.5, 0.6) is 0 Å². The molecule has 0 unspecified atom stereocenters. The third-order valence-corrected chi connectivity index (χ3v) is 10.8. The molecule has 0 amide bonds. The normalized spacial score (nSPS) is 11.6. The maximum Gasteiger partial charge on any atom is 0.113 e. The Bertz CT molecular complexity index is 2950. The Morgan fingerprint density at radius 2 is 0.582 bits per heavy atom. The summed E-state index contributed by atoms with van der Waals surface area (Å²) in [5, 5.41) is 3.86. The van der Waals surface area contributed by atoms with Gasteiger partial charge in [-0.2, -0.15) is 0 Å². The van der Waals surface area contributed by atoms with E-state index in [0.29, 0.717) is 21.9 Å². The number of fused-ring (bicyclic) bond motifs is 4. The Kier molecular flexibility index (Phi) is 9.23. The van der Waals surface area contributed by atoms with Crippen molar-refractivity contribution in [2.45, 2.75) is 0 Å². The zero-order chi connectivity index (χ0) is 39.5. The third-order valence-electron chi connectivity index (χ3n) is 10.8. The predicted molar refractivity (Wildman–Crippen MR) is 254 cm³/mol. The van der Waals surface area contributed by atoms with Crippen molar-refractivity contribution in [3.63, 3.8) is 0 Å². The van der Waals surface area contributed by atoms with Crippen LogP contribution in [0.25, 0.3) is 76.5 Å². The molecule has 0 atom stereocenters. The van der Waals surface area contributed by atoms with Gasteiger partial charge in [0.2, 0.25) is 0 Å². The summed E-state index contributed by atoms with van der Waals surface area (Å²) in [6.45, 7) is 0. The van der Waals surface area contributed by atoms with Crippen LogP contribution in [0.15, 0.2) is 66.7 Å². The molecule has 0 heterocycles. The highest BCUT2D eigenvalue weighted by molar-refractivity contribution is 6.74. The van der Waals surface area contributed by atoms with Crippen LogP contribution in [0.2, 0.25) is 0 Å². The fourth-order valence-corrected chi connectivity index (χ4v) is 7.89. The van der Waals surface area contributed by atoms with Crippen LogP contribution >= 0.6 is 0 Å². The molecule has 8 rings (SSSR count). The average Bonchev–Trinajstić information content (AvgIpc) is 3.19. The maximum atomic E-state index is 6.99. The van der Waals surface area contributed by atoms with Crippen molar-refractivity contribution >= 4 is 243 Å². The molecule has 8 aromatic rings. The number of hydrogen-bond donors (Lipinski definition) is 0. The molecule has 0 aromatic heterocycles. The van der Waals surface area contributed by atoms with E-state index in [1.807, 2.05) is 42.5 Å². The second-order valence-corrected chi connectivity index (χ2v) is 13.7. The third kappa shape index (κ3) is 5.35. The average molecular weight is 654 g/mol. The molecule has 0 aliphatic heterocycles. The van der Waals surface area contributed by atoms with Crippen LogP contribution in [0.4, 0.5) is 0 Å². The van der Waals surface area contributed by atoms with Crippen molar-refractivity contribution in [3.8, 4) is 33.4 Å². The minimum atomic E-state index is -0.0313. The lowest BCUT2D eigenvalue weighted by molar-refractivity contribution is 1.64. The van der Waals surface area contributed by atoms with Gasteiger partial charge in [0.25, 0.3) is 0 Å². The first-order chi connectivity index (χ1) is 26.1. The van der Waals surface area contributed by atoms with Gasteiger partial charge in [0, 0.05) is 0 Å². The van der Waals surface area contributed by atoms with Gasteiger partial charge in [-0.15, -0.1) is 38.2 Å². The first-order valence-electron chi connectivity index (χ1n) is 17.0. The minimum absolute atomic E-state index is 0.000960. The summed E-state index contributed by atoms with van der Waals surface area (Å²) in [5.74, 6) is 0. The lowest BCUT2D eigenvalue weighted by atomic mass is 9.56. The Hall–Kier alpha value is -4.23. The van der Waals surface area contributed by atoms with Gasteiger partial charge in [-0.1, -0.05) is 98.3 Å². The van der Waals surface area contributed by atoms with E-state index in [1.54, 1.807) is 0 Å². The molecule has 0 spiro atoms. The van der Waals surface area contributed by atoms with Crippen molar-refractivity contribution < 1.29 is 0 Å². The van der Waals surface area contributed by atoms with Crippen LogP contribution < -0.4 is 81.9 Å². The fraction of sp³-hybridized carbons (Fsp3) is 0. The molecule has 216 valence electrons. The molecular formula is C40H11B15. The van der Waals surface area contributed by atoms with Gasteiger partial charge in [-0.25, -0.2) is 0 Å². The van der Waals surface area contributed by atoms with E-state index in [0.717, 1.165) is 21.9 Å². The lowest BCUT2D eigenvalue weighted by Crippen LogP contribution is -2.53. The van der Waals surface area contributed by atoms with Crippen LogP contribution in [0.1, 0.15) is 0 Å². The molecule has 0 nitrogen and oxygen atoms in total. The second-order valence-electron chi connectivity index (χ2n) is 13.7. The quantitative estimate of drug-likeness (QED) is 0.132. The van der Waals surface area contributed by atoms with Gasteiger partial charge in [-0.05, 0) is 88.6 Å². The van der Waals surface area contributed by atoms with Gasteiger partial charge in [0.1, 0.15) is 118 Å². The van der Waals surface area contributed by atoms with E-state index < -0.39 is 0 Å². The zero-order valence-electron chi connectivity index (χ0n) is 29.5. The van der Waals surface area contributed by atoms with E-state index in [-0.39, 0.29) is 115 Å². The highest BCUT2D eigenvalue weighted by Crippen LogP contribution is 2.42. The number of rotatable bonds is 3. The highest BCUT2D eigenvalue weighted by Gasteiger charge is 2.28. The summed E-state index contributed by atoms with van der Waals surface area (Å²) in [6.07, 6.45) is 0. The lowest BCUT2D eigenvalue weighted by Gasteiger charge is -2.31. The van der Waals surface area contributed by atoms with Gasteiger partial charge < -0.3 is 0 Å². The molecule has 0 saturated heterocycles. The number of hydrogen-bond acceptors (Lipinski definition) is 0. The molecule has 0 bridgehead atoms. The largest absolute Gasteiger partial charge is 0.113 e. The van der Waals surface area contributed by atoms with Crippen LogP contribution in [0, 0.1) is 0 Å². The van der Waals surface area contributed by atoms with Gasteiger partial charge >= 0.3 is 0 Å². The van der Waals surface area contributed by atoms with Crippen molar-refractivity contribution in [1.82, 2.24) is 0 Å². The van der Waals surface area contributed by atoms with E-state index >= 15 is 0 Å². The molecule has 0 N–H and O–H groups in total. The molecule has 0 aliphatic carbocycles. The Balaban J connectivity index is 1.66. The summed E-state index contributed by atoms with van der Waals surface area (Å²) in [5.41, 5.74) is 3.75. The standard InChI is InChI=1S/C40H11B15/c41-26-19-17(16-7-3-6-14(11-16)15-9-8-12-4-1-2-5-13(12)10-15)20-22(30(45)38(53)36(51)27(20)42)18(21(19)29(44)37(52)35(26)50)23-24-25(32(47)34(49)28(23)43)33(48)40(55)39(54)31(24)46/h1-11H. The topological polar surface area (TPSA) is 0 Å². The monoisotopic (exact) mass is 656 g/mol. The van der Waals surface area contributed by atoms with E-state index in [1.165, 1.54) is 0 Å². The Morgan fingerprint density at radius 3 is 1.07 bits per heavy atom. The second kappa shape index (κ2) is 13.5. The summed E-state index contributed by atoms with van der Waals surface area (Å²) < 4.78 is 0. The van der Waals surface area contributed by atoms with E-state index in [9.17, 15) is 0 Å². The summed E-state index contributed by atoms with van der Waals surface area (Å²) in [4.78, 5) is 0. The summed E-state index contributed by atoms with van der Waals surface area (Å²) >= 11 is 0. The van der Waals surface area contributed by atoms with Crippen molar-refractivity contribution in [2.24, 2.45) is 0 Å². The molecule has 55 heavy (non-hydrogen) atoms. The van der Waals surface area contributed by atoms with Crippen molar-refractivity contribution in [2.75, 3.05) is 0 Å². The number of benzene rings is 8. The van der Waals surface area contributed by atoms with E-state index in [4.69, 9.17) is 118 Å². The van der Waals surface area contributed by atoms with Gasteiger partial charge in [0.15, 0.2) is 0 Å². The molecular weight excluding hydrogens is 643 g/mol. The molecule has 30 radical (unpaired) electrons. The van der Waals surface area contributed by atoms with Crippen LogP contribution in [-0.2, 0) is 0 Å². The van der Waals surface area contributed by atoms with E-state index in [2.05, 4.69) is 24.3 Å². The molecule has 0 fully saturated rings. The first-order valence-corrected chi connectivity index (χ1v) is 17.0. The summed E-state index contributed by atoms with van der Waals surface area (Å²) in [6, 6.07) is 22.1. The first kappa shape index (κ1) is 37.7. The molecule has 15 heteroatoms. The molecule has 8 aromatic carbocycles. The Morgan fingerprint density at radius 1 is 0.218 bits per heavy atom. The fourth-order valence-electron chi connectivity index (χ4n) is 7.89. The predicted octanol–water partition coefficient (Wildman–Crippen LogP) is -6.79. The minimum Gasteiger partial charge on any atom is -0.110 e. The smallest absolute Gasteiger partial charge is 0.110 e. The maximum absolute atomic E-state index is 6.99. The highest BCUT2D eigenvalue weighted by atomic mass is 14.3. The van der Waals surface area contributed by atoms with Crippen molar-refractivity contribution in [1.29, 1.82) is 0 Å². The van der Waals surface area contributed by atoms with Crippen LogP contribution in [0.3, 0.4) is 0 Å². The van der Waals surface area contributed by atoms with Crippen molar-refractivity contribution in [3.05, 3.63) is 66.7 Å². The van der Waals surface area contributed by atoms with Crippen LogP contribution in [-0.4, -0.2) is 118 Å². The zero-order valence-corrected chi connectivity index (χ0v) is 29.5. The SMILES string of the molecule is [B]c1c([B])c([B])c2c(-c3c4c([B])c([B])c([B])c([B])c4c(-c4cccc(-c5ccc6ccccc6c5)c4)c4c([B])c([B])c([B])c([B])c34)c([B])c([B])c([B])c2c1[B]. The van der Waals surface area contributed by atoms with Gasteiger partial charge in [-0.3, -0.25) is 0 Å². The molecule has 0 aliphatic rings. The summed E-state index contributed by atoms with van der Waals surface area (Å²) in [7, 11) is 101. The molecule has 0 saturated carbocycles. The Labute approximate surface area is 341 Å². The van der Waals surface area contributed by atoms with Gasteiger partial charge in [0.05, 0.1) is 0 Å².